The molecule has 4 unspecified atom stereocenters. The number of hydrogen-bond acceptors (Lipinski definition) is 10. The van der Waals surface area contributed by atoms with Crippen LogP contribution in [-0.4, -0.2) is 81.4 Å². The van der Waals surface area contributed by atoms with E-state index in [0.29, 0.717) is 8.75 Å². The number of nitrogens with zero attached hydrogens (tertiary/aromatic N) is 2. The monoisotopic (exact) mass is 472 g/mol. The lowest BCUT2D eigenvalue weighted by atomic mass is 10.4. The molecule has 4 aliphatic rings. The third-order valence-corrected chi connectivity index (χ3v) is 14.3. The van der Waals surface area contributed by atoms with Crippen molar-refractivity contribution in [3.8, 4) is 0 Å². The van der Waals surface area contributed by atoms with Crippen molar-refractivity contribution in [2.75, 3.05) is 23.0 Å². The largest absolute Gasteiger partial charge is 0.338 e. The Balaban J connectivity index is 1.37. The molecule has 4 heterocycles. The fourth-order valence-electron chi connectivity index (χ4n) is 2.95. The molecule has 0 N–H and O–H groups in total. The molecule has 0 aromatic rings. The van der Waals surface area contributed by atoms with E-state index in [1.54, 1.807) is 0 Å². The molecule has 4 saturated heterocycles. The number of fused-ring (bicyclic) bond motifs is 2. The first kappa shape index (κ1) is 19.3. The SMILES string of the molecule is O=C(N=C1SC2CS(=O)(=O)CC2S1)C(=O)N=C1SC2CS(=O)(=O)CC2S1. The van der Waals surface area contributed by atoms with Gasteiger partial charge in [0, 0.05) is 21.0 Å². The molecule has 0 radical (unpaired) electrons. The minimum absolute atomic E-state index is 0.0672. The van der Waals surface area contributed by atoms with E-state index >= 15 is 0 Å². The van der Waals surface area contributed by atoms with Crippen molar-refractivity contribution < 1.29 is 26.4 Å². The Kier molecular flexibility index (Phi) is 5.04. The Morgan fingerprint density at radius 2 is 0.923 bits per heavy atom. The second kappa shape index (κ2) is 6.79. The van der Waals surface area contributed by atoms with Crippen LogP contribution in [0.1, 0.15) is 0 Å². The Labute approximate surface area is 167 Å². The summed E-state index contributed by atoms with van der Waals surface area (Å²) in [4.78, 5) is 31.5. The molecule has 2 amide bonds. The molecular weight excluding hydrogens is 461 g/mol. The summed E-state index contributed by atoms with van der Waals surface area (Å²) >= 11 is 4.88. The molecule has 26 heavy (non-hydrogen) atoms. The van der Waals surface area contributed by atoms with Crippen LogP contribution >= 0.6 is 47.0 Å². The van der Waals surface area contributed by atoms with Gasteiger partial charge in [0.2, 0.25) is 0 Å². The number of aliphatic imine (C=N–C) groups is 2. The van der Waals surface area contributed by atoms with Crippen LogP contribution in [0.3, 0.4) is 0 Å². The molecule has 142 valence electrons. The van der Waals surface area contributed by atoms with Crippen molar-refractivity contribution in [2.45, 2.75) is 21.0 Å². The molecule has 8 nitrogen and oxygen atoms in total. The van der Waals surface area contributed by atoms with Gasteiger partial charge in [0.25, 0.3) is 0 Å². The number of carbonyl (C=O) groups is 2. The summed E-state index contributed by atoms with van der Waals surface area (Å²) in [5.41, 5.74) is 0. The number of sulfone groups is 2. The van der Waals surface area contributed by atoms with Crippen LogP contribution in [0.15, 0.2) is 9.98 Å². The molecule has 0 bridgehead atoms. The molecule has 14 heteroatoms. The summed E-state index contributed by atoms with van der Waals surface area (Å²) in [6.45, 7) is 0. The number of thioether (sulfide) groups is 4. The molecule has 0 saturated carbocycles. The molecule has 4 fully saturated rings. The number of rotatable bonds is 0. The highest BCUT2D eigenvalue weighted by Gasteiger charge is 2.46. The Morgan fingerprint density at radius 3 is 1.19 bits per heavy atom. The highest BCUT2D eigenvalue weighted by molar-refractivity contribution is 8.43. The van der Waals surface area contributed by atoms with E-state index in [1.807, 2.05) is 0 Å². The Hall–Kier alpha value is -0.0200. The van der Waals surface area contributed by atoms with E-state index < -0.39 is 31.5 Å². The number of carbonyl (C=O) groups excluding carboxylic acids is 2. The molecule has 0 aromatic heterocycles. The summed E-state index contributed by atoms with van der Waals surface area (Å²) in [5.74, 6) is -1.70. The van der Waals surface area contributed by atoms with E-state index in [9.17, 15) is 26.4 Å². The van der Waals surface area contributed by atoms with Crippen molar-refractivity contribution in [3.63, 3.8) is 0 Å². The third-order valence-electron chi connectivity index (χ3n) is 4.08. The maximum atomic E-state index is 12.0. The van der Waals surface area contributed by atoms with Crippen LogP contribution < -0.4 is 0 Å². The van der Waals surface area contributed by atoms with Crippen molar-refractivity contribution >= 4 is 87.3 Å². The average molecular weight is 473 g/mol. The zero-order chi connectivity index (χ0) is 18.7. The van der Waals surface area contributed by atoms with Gasteiger partial charge in [-0.15, -0.1) is 0 Å². The fraction of sp³-hybridized carbons (Fsp3) is 0.667. The van der Waals surface area contributed by atoms with Gasteiger partial charge in [-0.05, 0) is 0 Å². The lowest BCUT2D eigenvalue weighted by Crippen LogP contribution is -2.12. The molecule has 0 aromatic carbocycles. The van der Waals surface area contributed by atoms with Crippen LogP contribution in [0.4, 0.5) is 0 Å². The van der Waals surface area contributed by atoms with Crippen LogP contribution in [0.5, 0.6) is 0 Å². The van der Waals surface area contributed by atoms with E-state index in [1.165, 1.54) is 47.0 Å². The lowest BCUT2D eigenvalue weighted by molar-refractivity contribution is -0.134. The van der Waals surface area contributed by atoms with Crippen LogP contribution in [0.25, 0.3) is 0 Å². The Bertz CT molecular complexity index is 833. The van der Waals surface area contributed by atoms with E-state index in [4.69, 9.17) is 0 Å². The van der Waals surface area contributed by atoms with Crippen LogP contribution in [-0.2, 0) is 29.3 Å². The van der Waals surface area contributed by atoms with E-state index in [2.05, 4.69) is 9.98 Å². The topological polar surface area (TPSA) is 127 Å². The first-order chi connectivity index (χ1) is 12.1. The van der Waals surface area contributed by atoms with Crippen molar-refractivity contribution in [1.82, 2.24) is 0 Å². The van der Waals surface area contributed by atoms with Crippen LogP contribution in [0, 0.1) is 0 Å². The minimum atomic E-state index is -3.02. The molecule has 4 atom stereocenters. The van der Waals surface area contributed by atoms with Gasteiger partial charge < -0.3 is 0 Å². The van der Waals surface area contributed by atoms with Gasteiger partial charge in [0.05, 0.1) is 23.0 Å². The highest BCUT2D eigenvalue weighted by atomic mass is 32.2. The first-order valence-corrected chi connectivity index (χ1v) is 14.6. The fourth-order valence-corrected chi connectivity index (χ4v) is 15.4. The quantitative estimate of drug-likeness (QED) is 0.446. The normalized spacial score (nSPS) is 36.6. The van der Waals surface area contributed by atoms with Crippen molar-refractivity contribution in [2.24, 2.45) is 9.98 Å². The molecule has 0 aliphatic carbocycles. The highest BCUT2D eigenvalue weighted by Crippen LogP contribution is 2.45. The standard InChI is InChI=1S/C12H12N2O6S6/c15-9(13-11-21-5-1-25(17,18)2-6(5)22-11)10(16)14-12-23-7-3-26(19,20)4-8(7)24-12/h5-8H,1-4H2. The second-order valence-corrected chi connectivity index (χ2v) is 15.9. The smallest absolute Gasteiger partial charge is 0.261 e. The van der Waals surface area contributed by atoms with E-state index in [-0.39, 0.29) is 44.0 Å². The summed E-state index contributed by atoms with van der Waals surface area (Å²) in [7, 11) is -6.05. The van der Waals surface area contributed by atoms with Gasteiger partial charge in [-0.25, -0.2) is 16.8 Å². The molecule has 4 rings (SSSR count). The minimum Gasteiger partial charge on any atom is -0.261 e. The third kappa shape index (κ3) is 4.04. The summed E-state index contributed by atoms with van der Waals surface area (Å²) in [5, 5.41) is -0.499. The molecule has 4 aliphatic heterocycles. The maximum absolute atomic E-state index is 12.0. The zero-order valence-corrected chi connectivity index (χ0v) is 17.8. The van der Waals surface area contributed by atoms with Gasteiger partial charge in [0.1, 0.15) is 8.75 Å². The van der Waals surface area contributed by atoms with Gasteiger partial charge in [0.15, 0.2) is 19.7 Å². The van der Waals surface area contributed by atoms with Gasteiger partial charge in [-0.3, -0.25) is 9.59 Å². The van der Waals surface area contributed by atoms with Crippen molar-refractivity contribution in [3.05, 3.63) is 0 Å². The average Bonchev–Trinajstić information content (AvgIpc) is 3.14. The van der Waals surface area contributed by atoms with Gasteiger partial charge in [-0.1, -0.05) is 47.0 Å². The van der Waals surface area contributed by atoms with Crippen molar-refractivity contribution in [1.29, 1.82) is 0 Å². The van der Waals surface area contributed by atoms with Crippen LogP contribution in [0.2, 0.25) is 0 Å². The number of hydrogen-bond donors (Lipinski definition) is 0. The molecule has 0 spiro atoms. The molecular formula is C12H12N2O6S6. The summed E-state index contributed by atoms with van der Waals surface area (Å²) < 4.78 is 47.0. The van der Waals surface area contributed by atoms with Gasteiger partial charge in [-0.2, -0.15) is 9.98 Å². The predicted molar refractivity (Wildman–Crippen MR) is 108 cm³/mol. The maximum Gasteiger partial charge on any atom is 0.338 e. The second-order valence-electron chi connectivity index (χ2n) is 6.14. The Morgan fingerprint density at radius 1 is 0.654 bits per heavy atom. The van der Waals surface area contributed by atoms with Gasteiger partial charge >= 0.3 is 11.8 Å². The summed E-state index contributed by atoms with van der Waals surface area (Å²) in [6, 6.07) is 0. The van der Waals surface area contributed by atoms with E-state index in [0.717, 1.165) is 0 Å². The first-order valence-electron chi connectivity index (χ1n) is 7.43. The number of amides is 2. The lowest BCUT2D eigenvalue weighted by Gasteiger charge is -1.99. The zero-order valence-electron chi connectivity index (χ0n) is 12.9. The summed E-state index contributed by atoms with van der Waals surface area (Å²) in [6.07, 6.45) is 0. The predicted octanol–water partition coefficient (Wildman–Crippen LogP) is 0.0428.